The zero-order valence-corrected chi connectivity index (χ0v) is 11.1. The number of hydrogen-bond donors (Lipinski definition) is 2. The van der Waals surface area contributed by atoms with Gasteiger partial charge in [-0.2, -0.15) is 0 Å². The SMILES string of the molecule is Oc1cccc2c1N[C@H](c1ccccc1)[C@H]1CCO[C@H]21. The molecular formula is C17H17NO2. The van der Waals surface area contributed by atoms with Crippen LogP contribution in [0.4, 0.5) is 5.69 Å². The van der Waals surface area contributed by atoms with E-state index in [0.717, 1.165) is 24.3 Å². The van der Waals surface area contributed by atoms with E-state index in [9.17, 15) is 5.11 Å². The number of para-hydroxylation sites is 1. The fourth-order valence-electron chi connectivity index (χ4n) is 3.47. The summed E-state index contributed by atoms with van der Waals surface area (Å²) < 4.78 is 5.94. The Morgan fingerprint density at radius 2 is 1.90 bits per heavy atom. The van der Waals surface area contributed by atoms with E-state index in [2.05, 4.69) is 29.6 Å². The van der Waals surface area contributed by atoms with Gasteiger partial charge in [-0.1, -0.05) is 42.5 Å². The van der Waals surface area contributed by atoms with Crippen molar-refractivity contribution in [2.75, 3.05) is 11.9 Å². The second-order valence-corrected chi connectivity index (χ2v) is 5.52. The zero-order valence-electron chi connectivity index (χ0n) is 11.1. The molecule has 3 nitrogen and oxygen atoms in total. The van der Waals surface area contributed by atoms with Gasteiger partial charge < -0.3 is 15.2 Å². The molecule has 20 heavy (non-hydrogen) atoms. The topological polar surface area (TPSA) is 41.5 Å². The first-order valence-electron chi connectivity index (χ1n) is 7.09. The highest BCUT2D eigenvalue weighted by Crippen LogP contribution is 2.51. The fraction of sp³-hybridized carbons (Fsp3) is 0.294. The molecule has 3 heteroatoms. The van der Waals surface area contributed by atoms with Crippen LogP contribution in [-0.4, -0.2) is 11.7 Å². The number of phenolic OH excluding ortho intramolecular Hbond substituents is 1. The lowest BCUT2D eigenvalue weighted by Crippen LogP contribution is -2.29. The summed E-state index contributed by atoms with van der Waals surface area (Å²) in [5, 5.41) is 13.6. The van der Waals surface area contributed by atoms with Gasteiger partial charge in [-0.3, -0.25) is 0 Å². The van der Waals surface area contributed by atoms with Gasteiger partial charge >= 0.3 is 0 Å². The molecule has 2 heterocycles. The van der Waals surface area contributed by atoms with E-state index in [4.69, 9.17) is 4.74 Å². The predicted molar refractivity (Wildman–Crippen MR) is 77.7 cm³/mol. The highest BCUT2D eigenvalue weighted by molar-refractivity contribution is 5.65. The summed E-state index contributed by atoms with van der Waals surface area (Å²) >= 11 is 0. The van der Waals surface area contributed by atoms with Gasteiger partial charge in [-0.05, 0) is 18.1 Å². The van der Waals surface area contributed by atoms with Crippen LogP contribution in [0.5, 0.6) is 5.75 Å². The molecule has 0 radical (unpaired) electrons. The van der Waals surface area contributed by atoms with Crippen molar-refractivity contribution in [3.8, 4) is 5.75 Å². The molecule has 3 atom stereocenters. The van der Waals surface area contributed by atoms with Crippen molar-refractivity contribution in [3.05, 3.63) is 59.7 Å². The number of ether oxygens (including phenoxy) is 1. The molecule has 102 valence electrons. The van der Waals surface area contributed by atoms with Crippen molar-refractivity contribution in [2.24, 2.45) is 5.92 Å². The minimum absolute atomic E-state index is 0.0866. The highest BCUT2D eigenvalue weighted by Gasteiger charge is 2.42. The number of nitrogens with one attached hydrogen (secondary N) is 1. The monoisotopic (exact) mass is 267 g/mol. The van der Waals surface area contributed by atoms with Crippen molar-refractivity contribution in [3.63, 3.8) is 0 Å². The average molecular weight is 267 g/mol. The molecule has 0 unspecified atom stereocenters. The molecule has 0 aliphatic carbocycles. The van der Waals surface area contributed by atoms with Gasteiger partial charge in [0.15, 0.2) is 0 Å². The molecule has 1 saturated heterocycles. The Hall–Kier alpha value is -2.00. The van der Waals surface area contributed by atoms with Crippen LogP contribution >= 0.6 is 0 Å². The maximum atomic E-state index is 10.1. The molecule has 2 aliphatic heterocycles. The van der Waals surface area contributed by atoms with E-state index >= 15 is 0 Å². The van der Waals surface area contributed by atoms with E-state index in [1.54, 1.807) is 6.07 Å². The minimum atomic E-state index is 0.0866. The fourth-order valence-corrected chi connectivity index (χ4v) is 3.47. The van der Waals surface area contributed by atoms with Crippen LogP contribution in [0.3, 0.4) is 0 Å². The summed E-state index contributed by atoms with van der Waals surface area (Å²) in [6.07, 6.45) is 1.13. The maximum Gasteiger partial charge on any atom is 0.139 e. The molecule has 0 bridgehead atoms. The standard InChI is InChI=1S/C17H17NO2/c19-14-8-4-7-12-16(14)18-15(11-5-2-1-3-6-11)13-9-10-20-17(12)13/h1-8,13,15,17-19H,9-10H2/t13-,15-,17-/m1/s1. The Morgan fingerprint density at radius 1 is 1.05 bits per heavy atom. The first-order valence-corrected chi connectivity index (χ1v) is 7.09. The van der Waals surface area contributed by atoms with Crippen molar-refractivity contribution < 1.29 is 9.84 Å². The Kier molecular flexibility index (Phi) is 2.67. The summed E-state index contributed by atoms with van der Waals surface area (Å²) in [6.45, 7) is 0.787. The highest BCUT2D eigenvalue weighted by atomic mass is 16.5. The molecular weight excluding hydrogens is 250 g/mol. The van der Waals surface area contributed by atoms with E-state index in [-0.39, 0.29) is 12.1 Å². The second-order valence-electron chi connectivity index (χ2n) is 5.52. The van der Waals surface area contributed by atoms with E-state index in [1.165, 1.54) is 5.56 Å². The van der Waals surface area contributed by atoms with Gasteiger partial charge in [0, 0.05) is 18.1 Å². The minimum Gasteiger partial charge on any atom is -0.506 e. The van der Waals surface area contributed by atoms with E-state index in [0.29, 0.717) is 11.7 Å². The van der Waals surface area contributed by atoms with Crippen LogP contribution in [0, 0.1) is 5.92 Å². The van der Waals surface area contributed by atoms with Gasteiger partial charge in [-0.25, -0.2) is 0 Å². The Balaban J connectivity index is 1.82. The summed E-state index contributed by atoms with van der Waals surface area (Å²) in [6, 6.07) is 16.3. The number of anilines is 1. The third-order valence-electron chi connectivity index (χ3n) is 4.41. The summed E-state index contributed by atoms with van der Waals surface area (Å²) in [4.78, 5) is 0. The molecule has 0 aromatic heterocycles. The smallest absolute Gasteiger partial charge is 0.139 e. The first kappa shape index (κ1) is 11.8. The molecule has 2 aliphatic rings. The van der Waals surface area contributed by atoms with Crippen LogP contribution in [0.25, 0.3) is 0 Å². The zero-order chi connectivity index (χ0) is 13.5. The van der Waals surface area contributed by atoms with E-state index in [1.807, 2.05) is 18.2 Å². The molecule has 1 fully saturated rings. The Bertz CT molecular complexity index is 626. The lowest BCUT2D eigenvalue weighted by Gasteiger charge is -2.36. The second kappa shape index (κ2) is 4.53. The molecule has 2 N–H and O–H groups in total. The van der Waals surface area contributed by atoms with Crippen LogP contribution in [0.2, 0.25) is 0 Å². The van der Waals surface area contributed by atoms with Gasteiger partial charge in [0.05, 0.1) is 17.8 Å². The largest absolute Gasteiger partial charge is 0.506 e. The van der Waals surface area contributed by atoms with Crippen molar-refractivity contribution in [2.45, 2.75) is 18.6 Å². The molecule has 2 aromatic rings. The summed E-state index contributed by atoms with van der Waals surface area (Å²) in [5.74, 6) is 0.726. The summed E-state index contributed by atoms with van der Waals surface area (Å²) in [5.41, 5.74) is 3.16. The lowest BCUT2D eigenvalue weighted by molar-refractivity contribution is 0.0826. The third kappa shape index (κ3) is 1.70. The van der Waals surface area contributed by atoms with Gasteiger partial charge in [0.2, 0.25) is 0 Å². The predicted octanol–water partition coefficient (Wildman–Crippen LogP) is 3.64. The first-order chi connectivity index (χ1) is 9.84. The van der Waals surface area contributed by atoms with Crippen LogP contribution < -0.4 is 5.32 Å². The Labute approximate surface area is 118 Å². The quantitative estimate of drug-likeness (QED) is 0.775. The van der Waals surface area contributed by atoms with Crippen LogP contribution in [-0.2, 0) is 4.74 Å². The lowest BCUT2D eigenvalue weighted by atomic mass is 9.81. The number of benzene rings is 2. The summed E-state index contributed by atoms with van der Waals surface area (Å²) in [7, 11) is 0. The van der Waals surface area contributed by atoms with Crippen LogP contribution in [0.1, 0.15) is 29.7 Å². The van der Waals surface area contributed by atoms with Crippen molar-refractivity contribution in [1.29, 1.82) is 0 Å². The van der Waals surface area contributed by atoms with Crippen LogP contribution in [0.15, 0.2) is 48.5 Å². The normalized spacial score (nSPS) is 27.5. The molecule has 0 saturated carbocycles. The number of rotatable bonds is 1. The maximum absolute atomic E-state index is 10.1. The molecule has 0 amide bonds. The number of aromatic hydroxyl groups is 1. The molecule has 2 aromatic carbocycles. The van der Waals surface area contributed by atoms with Gasteiger partial charge in [0.1, 0.15) is 5.75 Å². The molecule has 0 spiro atoms. The Morgan fingerprint density at radius 3 is 2.75 bits per heavy atom. The molecule has 4 rings (SSSR count). The number of hydrogen-bond acceptors (Lipinski definition) is 3. The van der Waals surface area contributed by atoms with Gasteiger partial charge in [-0.15, -0.1) is 0 Å². The van der Waals surface area contributed by atoms with E-state index < -0.39 is 0 Å². The number of fused-ring (bicyclic) bond motifs is 3. The average Bonchev–Trinajstić information content (AvgIpc) is 2.97. The third-order valence-corrected chi connectivity index (χ3v) is 4.41. The van der Waals surface area contributed by atoms with Crippen molar-refractivity contribution in [1.82, 2.24) is 0 Å². The van der Waals surface area contributed by atoms with Crippen molar-refractivity contribution >= 4 is 5.69 Å². The number of phenols is 1. The van der Waals surface area contributed by atoms with Gasteiger partial charge in [0.25, 0.3) is 0 Å².